The Kier molecular flexibility index (Phi) is 5.35. The fraction of sp³-hybridized carbons (Fsp3) is 0.533. The van der Waals surface area contributed by atoms with E-state index in [9.17, 15) is 4.79 Å². The number of rotatable bonds is 6. The Morgan fingerprint density at radius 3 is 2.17 bits per heavy atom. The van der Waals surface area contributed by atoms with Crippen molar-refractivity contribution < 1.29 is 4.79 Å². The number of aryl methyl sites for hydroxylation is 1. The van der Waals surface area contributed by atoms with E-state index >= 15 is 0 Å². The van der Waals surface area contributed by atoms with Crippen molar-refractivity contribution in [2.45, 2.75) is 46.2 Å². The van der Waals surface area contributed by atoms with Gasteiger partial charge in [0.05, 0.1) is 5.54 Å². The predicted molar refractivity (Wildman–Crippen MR) is 75.4 cm³/mol. The lowest BCUT2D eigenvalue weighted by Crippen LogP contribution is -2.52. The Morgan fingerprint density at radius 2 is 1.67 bits per heavy atom. The molecule has 1 aromatic rings. The average Bonchev–Trinajstić information content (AvgIpc) is 2.36. The lowest BCUT2D eigenvalue weighted by Gasteiger charge is -2.24. The van der Waals surface area contributed by atoms with Crippen molar-refractivity contribution in [1.29, 1.82) is 0 Å². The highest BCUT2D eigenvalue weighted by atomic mass is 16.2. The molecule has 3 heteroatoms. The molecule has 0 aliphatic carbocycles. The van der Waals surface area contributed by atoms with Crippen molar-refractivity contribution in [3.8, 4) is 0 Å². The largest absolute Gasteiger partial charge is 0.350 e. The number of carbonyl (C=O) groups is 1. The van der Waals surface area contributed by atoms with E-state index in [2.05, 4.69) is 41.8 Å². The summed E-state index contributed by atoms with van der Waals surface area (Å²) in [7, 11) is 0. The highest BCUT2D eigenvalue weighted by Gasteiger charge is 2.25. The van der Waals surface area contributed by atoms with E-state index in [0.717, 1.165) is 18.5 Å². The first-order chi connectivity index (χ1) is 8.49. The second-order valence-corrected chi connectivity index (χ2v) is 5.01. The summed E-state index contributed by atoms with van der Waals surface area (Å²) >= 11 is 0. The van der Waals surface area contributed by atoms with Gasteiger partial charge < -0.3 is 10.6 Å². The Labute approximate surface area is 110 Å². The molecule has 0 saturated heterocycles. The van der Waals surface area contributed by atoms with E-state index in [-0.39, 0.29) is 5.91 Å². The van der Waals surface area contributed by atoms with Crippen molar-refractivity contribution >= 4 is 5.91 Å². The Hall–Kier alpha value is -1.35. The summed E-state index contributed by atoms with van der Waals surface area (Å²) in [5, 5.41) is 6.12. The van der Waals surface area contributed by atoms with Gasteiger partial charge in [0, 0.05) is 6.54 Å². The van der Waals surface area contributed by atoms with Crippen molar-refractivity contribution in [1.82, 2.24) is 10.6 Å². The molecule has 0 fully saturated rings. The molecule has 18 heavy (non-hydrogen) atoms. The lowest BCUT2D eigenvalue weighted by molar-refractivity contribution is -0.126. The van der Waals surface area contributed by atoms with E-state index in [4.69, 9.17) is 0 Å². The molecule has 1 amide bonds. The highest BCUT2D eigenvalue weighted by molar-refractivity contribution is 5.85. The zero-order chi connectivity index (χ0) is 13.6. The van der Waals surface area contributed by atoms with Crippen LogP contribution in [0.5, 0.6) is 0 Å². The molecular formula is C15H24N2O. The van der Waals surface area contributed by atoms with Gasteiger partial charge in [0.2, 0.25) is 5.91 Å². The Morgan fingerprint density at radius 1 is 1.11 bits per heavy atom. The van der Waals surface area contributed by atoms with Gasteiger partial charge in [0.25, 0.3) is 0 Å². The monoisotopic (exact) mass is 248 g/mol. The SMILES string of the molecule is CCNC(C)(C)C(=O)NCc1ccc(CC)cc1. The third kappa shape index (κ3) is 4.15. The fourth-order valence-corrected chi connectivity index (χ4v) is 1.82. The second kappa shape index (κ2) is 6.55. The Bertz CT molecular complexity index is 382. The van der Waals surface area contributed by atoms with Crippen LogP contribution in [0.15, 0.2) is 24.3 Å². The number of amides is 1. The van der Waals surface area contributed by atoms with Crippen molar-refractivity contribution in [2.75, 3.05) is 6.54 Å². The van der Waals surface area contributed by atoms with Gasteiger partial charge in [-0.2, -0.15) is 0 Å². The van der Waals surface area contributed by atoms with Crippen LogP contribution in [0, 0.1) is 0 Å². The van der Waals surface area contributed by atoms with Crippen molar-refractivity contribution in [3.05, 3.63) is 35.4 Å². The number of nitrogens with one attached hydrogen (secondary N) is 2. The van der Waals surface area contributed by atoms with Gasteiger partial charge in [0.15, 0.2) is 0 Å². The molecule has 0 aliphatic heterocycles. The van der Waals surface area contributed by atoms with E-state index in [0.29, 0.717) is 6.54 Å². The molecule has 100 valence electrons. The van der Waals surface area contributed by atoms with Gasteiger partial charge in [-0.25, -0.2) is 0 Å². The predicted octanol–water partition coefficient (Wildman–Crippen LogP) is 2.25. The number of carbonyl (C=O) groups excluding carboxylic acids is 1. The first-order valence-corrected chi connectivity index (χ1v) is 6.60. The molecule has 1 aromatic carbocycles. The van der Waals surface area contributed by atoms with E-state index in [1.54, 1.807) is 0 Å². The first kappa shape index (κ1) is 14.7. The van der Waals surface area contributed by atoms with Gasteiger partial charge in [0.1, 0.15) is 0 Å². The molecule has 0 aliphatic rings. The van der Waals surface area contributed by atoms with Crippen LogP contribution in [0.4, 0.5) is 0 Å². The zero-order valence-corrected chi connectivity index (χ0v) is 11.8. The van der Waals surface area contributed by atoms with Crippen molar-refractivity contribution in [2.24, 2.45) is 0 Å². The second-order valence-electron chi connectivity index (χ2n) is 5.01. The Balaban J connectivity index is 2.51. The van der Waals surface area contributed by atoms with Crippen LogP contribution in [-0.4, -0.2) is 18.0 Å². The van der Waals surface area contributed by atoms with Crippen LogP contribution in [0.3, 0.4) is 0 Å². The normalized spacial score (nSPS) is 11.3. The third-order valence-electron chi connectivity index (χ3n) is 3.07. The number of hydrogen-bond acceptors (Lipinski definition) is 2. The average molecular weight is 248 g/mol. The number of likely N-dealkylation sites (N-methyl/N-ethyl adjacent to an activating group) is 1. The standard InChI is InChI=1S/C15H24N2O/c1-5-12-7-9-13(10-8-12)11-16-14(18)15(3,4)17-6-2/h7-10,17H,5-6,11H2,1-4H3,(H,16,18). The van der Waals surface area contributed by atoms with Crippen molar-refractivity contribution in [3.63, 3.8) is 0 Å². The van der Waals surface area contributed by atoms with E-state index in [1.165, 1.54) is 5.56 Å². The van der Waals surface area contributed by atoms with Crippen LogP contribution in [0.25, 0.3) is 0 Å². The summed E-state index contributed by atoms with van der Waals surface area (Å²) in [6, 6.07) is 8.35. The van der Waals surface area contributed by atoms with Crippen LogP contribution in [-0.2, 0) is 17.8 Å². The van der Waals surface area contributed by atoms with Gasteiger partial charge in [-0.05, 0) is 37.9 Å². The van der Waals surface area contributed by atoms with Gasteiger partial charge in [-0.3, -0.25) is 4.79 Å². The molecule has 0 aromatic heterocycles. The molecule has 2 N–H and O–H groups in total. The van der Waals surface area contributed by atoms with Crippen LogP contribution in [0.2, 0.25) is 0 Å². The van der Waals surface area contributed by atoms with Gasteiger partial charge in [-0.1, -0.05) is 38.1 Å². The third-order valence-corrected chi connectivity index (χ3v) is 3.07. The first-order valence-electron chi connectivity index (χ1n) is 6.60. The molecule has 0 atom stereocenters. The van der Waals surface area contributed by atoms with Gasteiger partial charge in [-0.15, -0.1) is 0 Å². The molecule has 0 saturated carbocycles. The summed E-state index contributed by atoms with van der Waals surface area (Å²) in [4.78, 5) is 12.0. The molecule has 0 radical (unpaired) electrons. The fourth-order valence-electron chi connectivity index (χ4n) is 1.82. The molecular weight excluding hydrogens is 224 g/mol. The molecule has 0 bridgehead atoms. The smallest absolute Gasteiger partial charge is 0.239 e. The van der Waals surface area contributed by atoms with Gasteiger partial charge >= 0.3 is 0 Å². The molecule has 3 nitrogen and oxygen atoms in total. The van der Waals surface area contributed by atoms with E-state index in [1.807, 2.05) is 20.8 Å². The summed E-state index contributed by atoms with van der Waals surface area (Å²) in [5.41, 5.74) is 1.93. The minimum Gasteiger partial charge on any atom is -0.350 e. The lowest BCUT2D eigenvalue weighted by atomic mass is 10.0. The van der Waals surface area contributed by atoms with Crippen LogP contribution >= 0.6 is 0 Å². The molecule has 1 rings (SSSR count). The summed E-state index contributed by atoms with van der Waals surface area (Å²) in [5.74, 6) is 0.0314. The number of hydrogen-bond donors (Lipinski definition) is 2. The minimum absolute atomic E-state index is 0.0314. The maximum atomic E-state index is 12.0. The maximum Gasteiger partial charge on any atom is 0.239 e. The highest BCUT2D eigenvalue weighted by Crippen LogP contribution is 2.06. The summed E-state index contributed by atoms with van der Waals surface area (Å²) < 4.78 is 0. The van der Waals surface area contributed by atoms with Crippen LogP contribution < -0.4 is 10.6 Å². The molecule has 0 heterocycles. The quantitative estimate of drug-likeness (QED) is 0.810. The number of benzene rings is 1. The summed E-state index contributed by atoms with van der Waals surface area (Å²) in [6.45, 7) is 9.29. The zero-order valence-electron chi connectivity index (χ0n) is 11.8. The molecule has 0 spiro atoms. The minimum atomic E-state index is -0.516. The maximum absolute atomic E-state index is 12.0. The summed E-state index contributed by atoms with van der Waals surface area (Å²) in [6.07, 6.45) is 1.04. The molecule has 0 unspecified atom stereocenters. The van der Waals surface area contributed by atoms with E-state index < -0.39 is 5.54 Å². The van der Waals surface area contributed by atoms with Crippen LogP contribution in [0.1, 0.15) is 38.8 Å². The topological polar surface area (TPSA) is 41.1 Å².